The zero-order valence-corrected chi connectivity index (χ0v) is 11.3. The van der Waals surface area contributed by atoms with E-state index in [4.69, 9.17) is 4.74 Å². The molecule has 0 saturated carbocycles. The van der Waals surface area contributed by atoms with Gasteiger partial charge in [-0.05, 0) is 6.42 Å². The quantitative estimate of drug-likeness (QED) is 0.735. The molecular weight excluding hydrogens is 258 g/mol. The van der Waals surface area contributed by atoms with Crippen molar-refractivity contribution in [3.05, 3.63) is 18.6 Å². The van der Waals surface area contributed by atoms with Gasteiger partial charge in [0, 0.05) is 13.6 Å². The maximum absolute atomic E-state index is 5.76. The van der Waals surface area contributed by atoms with Crippen molar-refractivity contribution in [1.29, 1.82) is 0 Å². The summed E-state index contributed by atoms with van der Waals surface area (Å²) < 4.78 is 7.42. The van der Waals surface area contributed by atoms with Crippen LogP contribution in [0.4, 0.5) is 5.95 Å². The Kier molecular flexibility index (Phi) is 3.20. The first kappa shape index (κ1) is 12.4. The number of aromatic nitrogens is 6. The number of hydrogen-bond acceptors (Lipinski definition) is 6. The van der Waals surface area contributed by atoms with E-state index in [1.807, 2.05) is 7.05 Å². The van der Waals surface area contributed by atoms with E-state index < -0.39 is 0 Å². The van der Waals surface area contributed by atoms with E-state index in [1.54, 1.807) is 23.3 Å². The number of H-pyrrole nitrogens is 1. The molecule has 20 heavy (non-hydrogen) atoms. The van der Waals surface area contributed by atoms with Crippen LogP contribution in [0.15, 0.2) is 18.6 Å². The summed E-state index contributed by atoms with van der Waals surface area (Å²) in [6, 6.07) is 0. The maximum Gasteiger partial charge on any atom is 0.235 e. The van der Waals surface area contributed by atoms with Crippen molar-refractivity contribution >= 4 is 17.0 Å². The van der Waals surface area contributed by atoms with Crippen LogP contribution in [-0.4, -0.2) is 36.5 Å². The normalized spacial score (nSPS) is 10.9. The molecule has 3 aromatic rings. The highest BCUT2D eigenvalue weighted by Gasteiger charge is 2.12. The van der Waals surface area contributed by atoms with Gasteiger partial charge in [-0.3, -0.25) is 9.78 Å². The van der Waals surface area contributed by atoms with Gasteiger partial charge in [-0.1, -0.05) is 6.92 Å². The zero-order chi connectivity index (χ0) is 13.9. The standard InChI is InChI=1S/C12H15N7O/c1-3-4-13-12-16-10-9(6-14-18-10)11(17-12)20-8-5-15-19(2)7-8/h5-7H,3-4H2,1-2H3,(H2,13,14,16,17,18). The van der Waals surface area contributed by atoms with Crippen LogP contribution >= 0.6 is 0 Å². The molecule has 0 bridgehead atoms. The van der Waals surface area contributed by atoms with Gasteiger partial charge >= 0.3 is 0 Å². The molecule has 8 heteroatoms. The molecule has 3 aromatic heterocycles. The Labute approximate surface area is 115 Å². The number of nitrogens with zero attached hydrogens (tertiary/aromatic N) is 5. The van der Waals surface area contributed by atoms with E-state index in [9.17, 15) is 0 Å². The Morgan fingerprint density at radius 1 is 1.35 bits per heavy atom. The number of rotatable bonds is 5. The molecule has 8 nitrogen and oxygen atoms in total. The highest BCUT2D eigenvalue weighted by atomic mass is 16.5. The highest BCUT2D eigenvalue weighted by Crippen LogP contribution is 2.26. The second-order valence-electron chi connectivity index (χ2n) is 4.36. The zero-order valence-electron chi connectivity index (χ0n) is 11.3. The second kappa shape index (κ2) is 5.16. The number of aryl methyl sites for hydroxylation is 1. The smallest absolute Gasteiger partial charge is 0.235 e. The Morgan fingerprint density at radius 2 is 2.25 bits per heavy atom. The first-order valence-corrected chi connectivity index (χ1v) is 6.37. The van der Waals surface area contributed by atoms with Crippen molar-refractivity contribution in [2.75, 3.05) is 11.9 Å². The third-order valence-electron chi connectivity index (χ3n) is 2.70. The summed E-state index contributed by atoms with van der Waals surface area (Å²) in [4.78, 5) is 8.71. The molecule has 3 rings (SSSR count). The van der Waals surface area contributed by atoms with Crippen molar-refractivity contribution in [3.63, 3.8) is 0 Å². The van der Waals surface area contributed by atoms with Gasteiger partial charge in [0.25, 0.3) is 0 Å². The summed E-state index contributed by atoms with van der Waals surface area (Å²) in [5, 5.41) is 14.7. The molecule has 3 heterocycles. The van der Waals surface area contributed by atoms with E-state index >= 15 is 0 Å². The number of hydrogen-bond donors (Lipinski definition) is 2. The van der Waals surface area contributed by atoms with Crippen LogP contribution in [0.25, 0.3) is 11.0 Å². The van der Waals surface area contributed by atoms with Gasteiger partial charge in [0.05, 0.1) is 18.6 Å². The molecule has 0 aliphatic heterocycles. The van der Waals surface area contributed by atoms with Crippen LogP contribution in [0.2, 0.25) is 0 Å². The molecule has 0 saturated heterocycles. The molecule has 0 spiro atoms. The van der Waals surface area contributed by atoms with Crippen molar-refractivity contribution in [1.82, 2.24) is 29.9 Å². The van der Waals surface area contributed by atoms with E-state index in [0.717, 1.165) is 18.4 Å². The molecule has 0 unspecified atom stereocenters. The van der Waals surface area contributed by atoms with Crippen molar-refractivity contribution in [3.8, 4) is 11.6 Å². The summed E-state index contributed by atoms with van der Waals surface area (Å²) in [6.07, 6.45) is 6.04. The molecule has 0 aliphatic rings. The lowest BCUT2D eigenvalue weighted by Gasteiger charge is -2.06. The van der Waals surface area contributed by atoms with Crippen LogP contribution < -0.4 is 10.1 Å². The lowest BCUT2D eigenvalue weighted by Crippen LogP contribution is -2.05. The maximum atomic E-state index is 5.76. The van der Waals surface area contributed by atoms with E-state index in [1.165, 1.54) is 0 Å². The Balaban J connectivity index is 1.96. The molecule has 0 aromatic carbocycles. The van der Waals surface area contributed by atoms with E-state index in [-0.39, 0.29) is 0 Å². The van der Waals surface area contributed by atoms with Crippen molar-refractivity contribution in [2.24, 2.45) is 7.05 Å². The largest absolute Gasteiger partial charge is 0.435 e. The minimum atomic E-state index is 0.454. The summed E-state index contributed by atoms with van der Waals surface area (Å²) in [5.41, 5.74) is 0.637. The summed E-state index contributed by atoms with van der Waals surface area (Å²) in [5.74, 6) is 1.59. The Morgan fingerprint density at radius 3 is 3.00 bits per heavy atom. The SMILES string of the molecule is CCCNc1nc(Oc2cnn(C)c2)c2cn[nH]c2n1. The molecule has 0 radical (unpaired) electrons. The number of ether oxygens (including phenoxy) is 1. The van der Waals surface area contributed by atoms with Crippen LogP contribution in [0, 0.1) is 0 Å². The topological polar surface area (TPSA) is 93.5 Å². The summed E-state index contributed by atoms with van der Waals surface area (Å²) >= 11 is 0. The van der Waals surface area contributed by atoms with Gasteiger partial charge < -0.3 is 10.1 Å². The summed E-state index contributed by atoms with van der Waals surface area (Å²) in [6.45, 7) is 2.88. The first-order chi connectivity index (χ1) is 9.76. The van der Waals surface area contributed by atoms with Crippen LogP contribution in [-0.2, 0) is 7.05 Å². The third-order valence-corrected chi connectivity index (χ3v) is 2.70. The molecule has 0 amide bonds. The fraction of sp³-hybridized carbons (Fsp3) is 0.333. The van der Waals surface area contributed by atoms with Crippen molar-refractivity contribution < 1.29 is 4.74 Å². The lowest BCUT2D eigenvalue weighted by molar-refractivity contribution is 0.468. The van der Waals surface area contributed by atoms with E-state index in [0.29, 0.717) is 23.2 Å². The molecular formula is C12H15N7O. The number of aromatic amines is 1. The number of fused-ring (bicyclic) bond motifs is 1. The van der Waals surface area contributed by atoms with Gasteiger partial charge in [0.1, 0.15) is 5.39 Å². The molecule has 2 N–H and O–H groups in total. The van der Waals surface area contributed by atoms with Crippen LogP contribution in [0.1, 0.15) is 13.3 Å². The van der Waals surface area contributed by atoms with Crippen LogP contribution in [0.3, 0.4) is 0 Å². The predicted molar refractivity (Wildman–Crippen MR) is 73.7 cm³/mol. The monoisotopic (exact) mass is 273 g/mol. The van der Waals surface area contributed by atoms with Gasteiger partial charge in [0.2, 0.25) is 11.8 Å². The average Bonchev–Trinajstić information content (AvgIpc) is 3.05. The van der Waals surface area contributed by atoms with Crippen LogP contribution in [0.5, 0.6) is 11.6 Å². The summed E-state index contributed by atoms with van der Waals surface area (Å²) in [7, 11) is 1.83. The third kappa shape index (κ3) is 2.40. The molecule has 0 atom stereocenters. The minimum Gasteiger partial charge on any atom is -0.435 e. The van der Waals surface area contributed by atoms with E-state index in [2.05, 4.69) is 37.5 Å². The number of anilines is 1. The van der Waals surface area contributed by atoms with Crippen molar-refractivity contribution in [2.45, 2.75) is 13.3 Å². The number of nitrogens with one attached hydrogen (secondary N) is 2. The predicted octanol–water partition coefficient (Wildman–Crippen LogP) is 1.70. The minimum absolute atomic E-state index is 0.454. The van der Waals surface area contributed by atoms with Gasteiger partial charge in [-0.15, -0.1) is 0 Å². The highest BCUT2D eigenvalue weighted by molar-refractivity contribution is 5.80. The Hall–Kier alpha value is -2.64. The van der Waals surface area contributed by atoms with Gasteiger partial charge in [-0.25, -0.2) is 0 Å². The molecule has 0 aliphatic carbocycles. The van der Waals surface area contributed by atoms with Gasteiger partial charge in [0.15, 0.2) is 11.4 Å². The first-order valence-electron chi connectivity index (χ1n) is 6.37. The fourth-order valence-corrected chi connectivity index (χ4v) is 1.77. The molecule has 0 fully saturated rings. The second-order valence-corrected chi connectivity index (χ2v) is 4.36. The lowest BCUT2D eigenvalue weighted by atomic mass is 10.4. The molecule has 104 valence electrons. The van der Waals surface area contributed by atoms with Gasteiger partial charge in [-0.2, -0.15) is 20.2 Å². The Bertz CT molecular complexity index is 717. The average molecular weight is 273 g/mol. The fourth-order valence-electron chi connectivity index (χ4n) is 1.77.